The minimum absolute atomic E-state index is 0.0257. The molecule has 9 unspecified atom stereocenters. The molecule has 0 spiro atoms. The van der Waals surface area contributed by atoms with E-state index in [1.807, 2.05) is 0 Å². The van der Waals surface area contributed by atoms with Crippen molar-refractivity contribution in [2.45, 2.75) is 112 Å². The van der Waals surface area contributed by atoms with Crippen LogP contribution in [0.15, 0.2) is 11.6 Å². The molecule has 3 nitrogen and oxygen atoms in total. The summed E-state index contributed by atoms with van der Waals surface area (Å²) in [5.74, 6) is 1.31. The van der Waals surface area contributed by atoms with Gasteiger partial charge in [0.2, 0.25) is 0 Å². The average Bonchev–Trinajstić information content (AvgIpc) is 2.71. The van der Waals surface area contributed by atoms with E-state index in [-0.39, 0.29) is 33.7 Å². The lowest BCUT2D eigenvalue weighted by Gasteiger charge is -2.71. The van der Waals surface area contributed by atoms with E-state index in [4.69, 9.17) is 0 Å². The van der Waals surface area contributed by atoms with Crippen molar-refractivity contribution >= 4 is 5.97 Å². The van der Waals surface area contributed by atoms with Gasteiger partial charge in [0.1, 0.15) is 0 Å². The van der Waals surface area contributed by atoms with Crippen molar-refractivity contribution < 1.29 is 15.0 Å². The summed E-state index contributed by atoms with van der Waals surface area (Å²) in [6, 6.07) is 0. The molecule has 3 heteroatoms. The highest BCUT2D eigenvalue weighted by molar-refractivity contribution is 5.76. The number of aliphatic hydroxyl groups excluding tert-OH is 1. The summed E-state index contributed by atoms with van der Waals surface area (Å²) in [5, 5.41) is 21.3. The van der Waals surface area contributed by atoms with Crippen molar-refractivity contribution in [2.24, 2.45) is 50.7 Å². The predicted octanol–water partition coefficient (Wildman–Crippen LogP) is 6.84. The lowest BCUT2D eigenvalue weighted by Crippen LogP contribution is -2.65. The van der Waals surface area contributed by atoms with E-state index in [0.29, 0.717) is 17.8 Å². The van der Waals surface area contributed by atoms with E-state index < -0.39 is 11.4 Å². The van der Waals surface area contributed by atoms with Crippen LogP contribution in [-0.2, 0) is 4.79 Å². The summed E-state index contributed by atoms with van der Waals surface area (Å²) in [4.78, 5) is 12.7. The van der Waals surface area contributed by atoms with E-state index in [0.717, 1.165) is 44.9 Å². The number of allylic oxidation sites excluding steroid dienone is 2. The molecule has 0 radical (unpaired) electrons. The van der Waals surface area contributed by atoms with Crippen LogP contribution in [0.2, 0.25) is 0 Å². The summed E-state index contributed by atoms with van der Waals surface area (Å²) < 4.78 is 0. The highest BCUT2D eigenvalue weighted by Gasteiger charge is 2.69. The molecular formula is C29H46O3. The van der Waals surface area contributed by atoms with Crippen LogP contribution in [0.5, 0.6) is 0 Å². The molecule has 0 aromatic rings. The molecule has 4 fully saturated rings. The SMILES string of the molecule is CC1CCCC2(C(=O)O)CCC3(C)C(=CCC4C5(C)CCC(O)C(C)(C)C5CCC43C)C12. The molecule has 0 heterocycles. The van der Waals surface area contributed by atoms with Gasteiger partial charge in [0.05, 0.1) is 11.5 Å². The Labute approximate surface area is 195 Å². The van der Waals surface area contributed by atoms with Crippen LogP contribution in [0.4, 0.5) is 0 Å². The van der Waals surface area contributed by atoms with Gasteiger partial charge < -0.3 is 10.2 Å². The molecule has 0 bridgehead atoms. The maximum absolute atomic E-state index is 12.7. The smallest absolute Gasteiger partial charge is 0.310 e. The van der Waals surface area contributed by atoms with Crippen molar-refractivity contribution in [1.82, 2.24) is 0 Å². The van der Waals surface area contributed by atoms with Gasteiger partial charge in [-0.2, -0.15) is 0 Å². The summed E-state index contributed by atoms with van der Waals surface area (Å²) in [5.41, 5.74) is 1.52. The molecule has 0 saturated heterocycles. The molecule has 180 valence electrons. The molecule has 5 aliphatic carbocycles. The van der Waals surface area contributed by atoms with Gasteiger partial charge in [-0.1, -0.05) is 66.0 Å². The molecule has 9 atom stereocenters. The molecule has 0 aromatic heterocycles. The maximum Gasteiger partial charge on any atom is 0.310 e. The zero-order chi connectivity index (χ0) is 23.3. The second-order valence-electron chi connectivity index (χ2n) is 14.0. The third kappa shape index (κ3) is 2.56. The third-order valence-corrected chi connectivity index (χ3v) is 12.8. The maximum atomic E-state index is 12.7. The monoisotopic (exact) mass is 442 g/mol. The summed E-state index contributed by atoms with van der Waals surface area (Å²) >= 11 is 0. The molecule has 5 aliphatic rings. The number of aliphatic carboxylic acids is 1. The molecule has 0 aliphatic heterocycles. The third-order valence-electron chi connectivity index (χ3n) is 12.8. The van der Waals surface area contributed by atoms with Gasteiger partial charge in [-0.15, -0.1) is 0 Å². The lowest BCUT2D eigenvalue weighted by atomic mass is 9.33. The molecule has 0 aromatic carbocycles. The Morgan fingerprint density at radius 2 is 1.66 bits per heavy atom. The summed E-state index contributed by atoms with van der Waals surface area (Å²) in [6.07, 6.45) is 12.9. The summed E-state index contributed by atoms with van der Waals surface area (Å²) in [7, 11) is 0. The van der Waals surface area contributed by atoms with Gasteiger partial charge in [0.15, 0.2) is 0 Å². The van der Waals surface area contributed by atoms with Crippen molar-refractivity contribution in [3.05, 3.63) is 11.6 Å². The fourth-order valence-corrected chi connectivity index (χ4v) is 10.7. The quantitative estimate of drug-likeness (QED) is 0.437. The first-order valence-electron chi connectivity index (χ1n) is 13.5. The van der Waals surface area contributed by atoms with Gasteiger partial charge in [-0.25, -0.2) is 0 Å². The van der Waals surface area contributed by atoms with Gasteiger partial charge in [0, 0.05) is 0 Å². The lowest BCUT2D eigenvalue weighted by molar-refractivity contribution is -0.205. The first-order valence-corrected chi connectivity index (χ1v) is 13.5. The normalized spacial score (nSPS) is 54.3. The second-order valence-corrected chi connectivity index (χ2v) is 14.0. The number of aliphatic hydroxyl groups is 1. The number of carboxylic acid groups (broad SMARTS) is 1. The Balaban J connectivity index is 1.60. The summed E-state index contributed by atoms with van der Waals surface area (Å²) in [6.45, 7) is 14.6. The van der Waals surface area contributed by atoms with E-state index in [1.54, 1.807) is 0 Å². The number of fused-ring (bicyclic) bond motifs is 7. The van der Waals surface area contributed by atoms with E-state index >= 15 is 0 Å². The van der Waals surface area contributed by atoms with Gasteiger partial charge in [-0.05, 0) is 96.7 Å². The Morgan fingerprint density at radius 3 is 2.34 bits per heavy atom. The highest BCUT2D eigenvalue weighted by atomic mass is 16.4. The standard InChI is InChI=1S/C29H46O3/c1-18-8-7-13-29(24(31)32)17-16-27(5)19(23(18)29)9-10-21-26(4)14-12-22(30)25(2,3)20(26)11-15-28(21,27)6/h9,18,20-23,30H,7-8,10-17H2,1-6H3,(H,31,32). The van der Waals surface area contributed by atoms with Gasteiger partial charge >= 0.3 is 5.97 Å². The van der Waals surface area contributed by atoms with Crippen molar-refractivity contribution in [3.63, 3.8) is 0 Å². The number of hydrogen-bond acceptors (Lipinski definition) is 2. The topological polar surface area (TPSA) is 57.5 Å². The van der Waals surface area contributed by atoms with Crippen LogP contribution in [0.25, 0.3) is 0 Å². The zero-order valence-electron chi connectivity index (χ0n) is 21.3. The van der Waals surface area contributed by atoms with E-state index in [9.17, 15) is 15.0 Å². The highest BCUT2D eigenvalue weighted by Crippen LogP contribution is 2.75. The second kappa shape index (κ2) is 6.86. The van der Waals surface area contributed by atoms with Gasteiger partial charge in [0.25, 0.3) is 0 Å². The Hall–Kier alpha value is -0.830. The van der Waals surface area contributed by atoms with Crippen LogP contribution in [-0.4, -0.2) is 22.3 Å². The molecule has 4 saturated carbocycles. The van der Waals surface area contributed by atoms with Gasteiger partial charge in [-0.3, -0.25) is 4.79 Å². The van der Waals surface area contributed by atoms with E-state index in [1.165, 1.54) is 24.8 Å². The molecule has 2 N–H and O–H groups in total. The first kappa shape index (κ1) is 22.9. The van der Waals surface area contributed by atoms with Crippen molar-refractivity contribution in [1.29, 1.82) is 0 Å². The average molecular weight is 443 g/mol. The number of rotatable bonds is 1. The molecular weight excluding hydrogens is 396 g/mol. The number of carbonyl (C=O) groups is 1. The number of carboxylic acids is 1. The molecule has 0 amide bonds. The van der Waals surface area contributed by atoms with E-state index in [2.05, 4.69) is 47.6 Å². The number of hydrogen-bond donors (Lipinski definition) is 2. The van der Waals surface area contributed by atoms with Crippen LogP contribution in [0, 0.1) is 50.7 Å². The van der Waals surface area contributed by atoms with Crippen LogP contribution in [0.1, 0.15) is 106 Å². The van der Waals surface area contributed by atoms with Crippen molar-refractivity contribution in [2.75, 3.05) is 0 Å². The predicted molar refractivity (Wildman–Crippen MR) is 128 cm³/mol. The molecule has 32 heavy (non-hydrogen) atoms. The molecule has 5 rings (SSSR count). The fraction of sp³-hybridized carbons (Fsp3) is 0.897. The van der Waals surface area contributed by atoms with Crippen molar-refractivity contribution in [3.8, 4) is 0 Å². The first-order chi connectivity index (χ1) is 14.8. The van der Waals surface area contributed by atoms with Crippen LogP contribution in [0.3, 0.4) is 0 Å². The Kier molecular flexibility index (Phi) is 4.92. The zero-order valence-corrected chi connectivity index (χ0v) is 21.3. The minimum Gasteiger partial charge on any atom is -0.481 e. The van der Waals surface area contributed by atoms with Crippen LogP contribution < -0.4 is 0 Å². The minimum atomic E-state index is -0.539. The van der Waals surface area contributed by atoms with Crippen LogP contribution >= 0.6 is 0 Å². The Morgan fingerprint density at radius 1 is 0.938 bits per heavy atom. The largest absolute Gasteiger partial charge is 0.481 e. The fourth-order valence-electron chi connectivity index (χ4n) is 10.7. The Bertz CT molecular complexity index is 843.